The minimum Gasteiger partial charge on any atom is -0.394 e. The number of amides is 1. The van der Waals surface area contributed by atoms with Crippen LogP contribution in [0.3, 0.4) is 0 Å². The summed E-state index contributed by atoms with van der Waals surface area (Å²) in [5.74, 6) is 0.547. The molecule has 2 N–H and O–H groups in total. The number of aliphatic hydroxyl groups is 1. The fourth-order valence-corrected chi connectivity index (χ4v) is 1.94. The van der Waals surface area contributed by atoms with Crippen molar-refractivity contribution < 1.29 is 14.6 Å². The monoisotopic (exact) mass is 251 g/mol. The normalized spacial score (nSPS) is 19.7. The average molecular weight is 251 g/mol. The number of carbonyl (C=O) groups excluding carboxylic acids is 1. The second-order valence-electron chi connectivity index (χ2n) is 4.09. The lowest BCUT2D eigenvalue weighted by molar-refractivity contribution is -0.0183. The Morgan fingerprint density at radius 1 is 1.72 bits per heavy atom. The van der Waals surface area contributed by atoms with E-state index in [0.29, 0.717) is 31.1 Å². The summed E-state index contributed by atoms with van der Waals surface area (Å²) in [5.41, 5.74) is 0.565. The Bertz CT molecular complexity index is 425. The highest BCUT2D eigenvalue weighted by atomic mass is 16.5. The Labute approximate surface area is 106 Å². The molecule has 1 saturated heterocycles. The number of aliphatic hydroxyl groups excluding tert-OH is 1. The third-order valence-corrected chi connectivity index (χ3v) is 2.96. The van der Waals surface area contributed by atoms with Crippen LogP contribution < -0.4 is 5.32 Å². The van der Waals surface area contributed by atoms with Crippen LogP contribution in [0.15, 0.2) is 18.3 Å². The highest BCUT2D eigenvalue weighted by Crippen LogP contribution is 2.14. The minimum atomic E-state index is -0.266. The lowest BCUT2D eigenvalue weighted by atomic mass is 10.1. The van der Waals surface area contributed by atoms with Gasteiger partial charge >= 0.3 is 0 Å². The van der Waals surface area contributed by atoms with Gasteiger partial charge in [0.15, 0.2) is 0 Å². The van der Waals surface area contributed by atoms with Crippen molar-refractivity contribution in [3.63, 3.8) is 0 Å². The van der Waals surface area contributed by atoms with Crippen molar-refractivity contribution in [2.75, 3.05) is 38.7 Å². The van der Waals surface area contributed by atoms with E-state index in [2.05, 4.69) is 10.3 Å². The second kappa shape index (κ2) is 5.79. The zero-order chi connectivity index (χ0) is 13.0. The third-order valence-electron chi connectivity index (χ3n) is 2.96. The molecule has 0 spiro atoms. The van der Waals surface area contributed by atoms with Crippen molar-refractivity contribution in [2.45, 2.75) is 6.04 Å². The molecule has 0 radical (unpaired) electrons. The minimum absolute atomic E-state index is 0.0876. The number of pyridine rings is 1. The van der Waals surface area contributed by atoms with Crippen LogP contribution >= 0.6 is 0 Å². The van der Waals surface area contributed by atoms with E-state index < -0.39 is 0 Å². The molecular weight excluding hydrogens is 234 g/mol. The molecule has 0 aliphatic carbocycles. The van der Waals surface area contributed by atoms with Gasteiger partial charge in [0.1, 0.15) is 5.82 Å². The summed E-state index contributed by atoms with van der Waals surface area (Å²) < 4.78 is 5.26. The maximum absolute atomic E-state index is 12.3. The van der Waals surface area contributed by atoms with Gasteiger partial charge in [-0.25, -0.2) is 4.98 Å². The summed E-state index contributed by atoms with van der Waals surface area (Å²) >= 11 is 0. The number of ether oxygens (including phenoxy) is 1. The van der Waals surface area contributed by atoms with Gasteiger partial charge in [0.2, 0.25) is 0 Å². The Kier molecular flexibility index (Phi) is 4.11. The van der Waals surface area contributed by atoms with Gasteiger partial charge in [-0.1, -0.05) is 0 Å². The first-order chi connectivity index (χ1) is 8.76. The van der Waals surface area contributed by atoms with Crippen molar-refractivity contribution in [3.05, 3.63) is 23.9 Å². The molecule has 2 heterocycles. The fraction of sp³-hybridized carbons (Fsp3) is 0.500. The molecule has 6 nitrogen and oxygen atoms in total. The van der Waals surface area contributed by atoms with Crippen molar-refractivity contribution in [1.82, 2.24) is 9.88 Å². The Morgan fingerprint density at radius 2 is 2.56 bits per heavy atom. The van der Waals surface area contributed by atoms with E-state index in [1.807, 2.05) is 0 Å². The van der Waals surface area contributed by atoms with E-state index in [9.17, 15) is 9.90 Å². The molecule has 1 aromatic rings. The van der Waals surface area contributed by atoms with E-state index in [4.69, 9.17) is 4.74 Å². The molecule has 98 valence electrons. The number of hydrogen-bond acceptors (Lipinski definition) is 5. The molecule has 1 amide bonds. The maximum Gasteiger partial charge on any atom is 0.254 e. The van der Waals surface area contributed by atoms with Crippen molar-refractivity contribution in [2.24, 2.45) is 0 Å². The molecule has 1 unspecified atom stereocenters. The van der Waals surface area contributed by atoms with Crippen LogP contribution in [0.1, 0.15) is 10.4 Å². The molecule has 0 saturated carbocycles. The quantitative estimate of drug-likeness (QED) is 0.788. The van der Waals surface area contributed by atoms with Crippen molar-refractivity contribution >= 4 is 11.7 Å². The molecule has 0 bridgehead atoms. The number of nitrogens with zero attached hydrogens (tertiary/aromatic N) is 2. The van der Waals surface area contributed by atoms with Gasteiger partial charge in [-0.3, -0.25) is 4.79 Å². The van der Waals surface area contributed by atoms with Gasteiger partial charge in [0.05, 0.1) is 25.9 Å². The number of morpholine rings is 1. The number of aromatic nitrogens is 1. The van der Waals surface area contributed by atoms with E-state index in [0.717, 1.165) is 0 Å². The van der Waals surface area contributed by atoms with Crippen LogP contribution in [0.4, 0.5) is 5.82 Å². The maximum atomic E-state index is 12.3. The van der Waals surface area contributed by atoms with E-state index in [1.165, 1.54) is 0 Å². The lowest BCUT2D eigenvalue weighted by Crippen LogP contribution is -2.50. The van der Waals surface area contributed by atoms with E-state index >= 15 is 0 Å². The zero-order valence-corrected chi connectivity index (χ0v) is 10.3. The van der Waals surface area contributed by atoms with Crippen molar-refractivity contribution in [3.8, 4) is 0 Å². The molecule has 1 aromatic heterocycles. The Hall–Kier alpha value is -1.66. The van der Waals surface area contributed by atoms with Gasteiger partial charge in [-0.05, 0) is 12.1 Å². The summed E-state index contributed by atoms with van der Waals surface area (Å²) in [6, 6.07) is 3.11. The molecule has 1 aliphatic heterocycles. The number of carbonyl (C=O) groups is 1. The van der Waals surface area contributed by atoms with E-state index in [-0.39, 0.29) is 18.6 Å². The first-order valence-corrected chi connectivity index (χ1v) is 5.89. The average Bonchev–Trinajstić information content (AvgIpc) is 2.46. The van der Waals surface area contributed by atoms with Crippen LogP contribution in [0.25, 0.3) is 0 Å². The SMILES string of the molecule is CNc1cc(C(=O)N2CCOCC2CO)ccn1. The van der Waals surface area contributed by atoms with E-state index in [1.54, 1.807) is 30.3 Å². The molecular formula is C12H17N3O3. The van der Waals surface area contributed by atoms with Crippen LogP contribution in [-0.4, -0.2) is 60.4 Å². The molecule has 1 fully saturated rings. The number of anilines is 1. The first-order valence-electron chi connectivity index (χ1n) is 5.89. The zero-order valence-electron chi connectivity index (χ0n) is 10.3. The number of nitrogens with one attached hydrogen (secondary N) is 1. The number of hydrogen-bond donors (Lipinski definition) is 2. The molecule has 1 atom stereocenters. The third kappa shape index (κ3) is 2.60. The number of rotatable bonds is 3. The van der Waals surface area contributed by atoms with Gasteiger partial charge in [0.25, 0.3) is 5.91 Å². The molecule has 1 aliphatic rings. The standard InChI is InChI=1S/C12H17N3O3/c1-13-11-6-9(2-3-14-11)12(17)15-4-5-18-8-10(15)7-16/h2-3,6,10,16H,4-5,7-8H2,1H3,(H,13,14). The molecule has 6 heteroatoms. The highest BCUT2D eigenvalue weighted by Gasteiger charge is 2.27. The summed E-state index contributed by atoms with van der Waals surface area (Å²) in [4.78, 5) is 18.1. The summed E-state index contributed by atoms with van der Waals surface area (Å²) in [6.07, 6.45) is 1.59. The molecule has 2 rings (SSSR count). The Morgan fingerprint density at radius 3 is 3.28 bits per heavy atom. The van der Waals surface area contributed by atoms with Crippen molar-refractivity contribution in [1.29, 1.82) is 0 Å². The topological polar surface area (TPSA) is 74.7 Å². The largest absolute Gasteiger partial charge is 0.394 e. The molecule has 18 heavy (non-hydrogen) atoms. The van der Waals surface area contributed by atoms with Crippen LogP contribution in [0.2, 0.25) is 0 Å². The van der Waals surface area contributed by atoms with Gasteiger partial charge in [0, 0.05) is 25.4 Å². The van der Waals surface area contributed by atoms with Crippen LogP contribution in [0.5, 0.6) is 0 Å². The summed E-state index contributed by atoms with van der Waals surface area (Å²) in [6.45, 7) is 1.30. The van der Waals surface area contributed by atoms with Crippen LogP contribution in [0, 0.1) is 0 Å². The predicted octanol–water partition coefficient (Wildman–Crippen LogP) is -0.0434. The lowest BCUT2D eigenvalue weighted by Gasteiger charge is -2.34. The summed E-state index contributed by atoms with van der Waals surface area (Å²) in [5, 5.41) is 12.2. The smallest absolute Gasteiger partial charge is 0.254 e. The predicted molar refractivity (Wildman–Crippen MR) is 66.5 cm³/mol. The van der Waals surface area contributed by atoms with Gasteiger partial charge < -0.3 is 20.1 Å². The van der Waals surface area contributed by atoms with Crippen LogP contribution in [-0.2, 0) is 4.74 Å². The first kappa shape index (κ1) is 12.8. The second-order valence-corrected chi connectivity index (χ2v) is 4.09. The van der Waals surface area contributed by atoms with Gasteiger partial charge in [-0.15, -0.1) is 0 Å². The Balaban J connectivity index is 2.18. The molecule has 0 aromatic carbocycles. The van der Waals surface area contributed by atoms with Gasteiger partial charge in [-0.2, -0.15) is 0 Å². The fourth-order valence-electron chi connectivity index (χ4n) is 1.94. The highest BCUT2D eigenvalue weighted by molar-refractivity contribution is 5.95. The summed E-state index contributed by atoms with van der Waals surface area (Å²) in [7, 11) is 1.75.